The largest absolute Gasteiger partial charge is 0.274 e. The number of likely N-dealkylation sites (tertiary alicyclic amines) is 1. The fraction of sp³-hybridized carbons (Fsp3) is 0.750. The normalized spacial score (nSPS) is 26.6. The highest BCUT2D eigenvalue weighted by atomic mass is 32.2. The number of thioether (sulfide) groups is 1. The Morgan fingerprint density at radius 2 is 2.17 bits per heavy atom. The predicted molar refractivity (Wildman–Crippen MR) is 48.6 cm³/mol. The number of carbonyl (C=O) groups is 2. The van der Waals surface area contributed by atoms with Crippen LogP contribution in [0.5, 0.6) is 0 Å². The molecule has 1 rings (SSSR count). The topological polar surface area (TPSA) is 37.4 Å². The summed E-state index contributed by atoms with van der Waals surface area (Å²) >= 11 is 1.52. The zero-order valence-corrected chi connectivity index (χ0v) is 8.35. The molecule has 2 unspecified atom stereocenters. The molecule has 3 nitrogen and oxygen atoms in total. The summed E-state index contributed by atoms with van der Waals surface area (Å²) in [7, 11) is 0. The molecule has 0 saturated carbocycles. The Kier molecular flexibility index (Phi) is 2.77. The van der Waals surface area contributed by atoms with Crippen molar-refractivity contribution < 1.29 is 9.59 Å². The third kappa shape index (κ3) is 1.48. The van der Waals surface area contributed by atoms with Crippen LogP contribution in [0.4, 0.5) is 0 Å². The summed E-state index contributed by atoms with van der Waals surface area (Å²) in [4.78, 5) is 24.1. The summed E-state index contributed by atoms with van der Waals surface area (Å²) in [6, 6.07) is 0. The van der Waals surface area contributed by atoms with Crippen molar-refractivity contribution in [3.63, 3.8) is 0 Å². The standard InChI is InChI=1S/C8H13NO2S/c1-5-4-7(10)9(8(5)11)6(2)12-3/h5-6H,4H2,1-3H3. The van der Waals surface area contributed by atoms with E-state index >= 15 is 0 Å². The molecular formula is C8H13NO2S. The maximum atomic E-state index is 11.4. The highest BCUT2D eigenvalue weighted by Gasteiger charge is 2.37. The number of imide groups is 1. The van der Waals surface area contributed by atoms with Crippen LogP contribution in [-0.2, 0) is 9.59 Å². The summed E-state index contributed by atoms with van der Waals surface area (Å²) in [5.74, 6) is -0.177. The predicted octanol–water partition coefficient (Wildman–Crippen LogP) is 1.09. The fourth-order valence-electron chi connectivity index (χ4n) is 1.30. The highest BCUT2D eigenvalue weighted by molar-refractivity contribution is 7.99. The summed E-state index contributed by atoms with van der Waals surface area (Å²) in [6.07, 6.45) is 2.28. The lowest BCUT2D eigenvalue weighted by Gasteiger charge is -2.20. The van der Waals surface area contributed by atoms with Crippen molar-refractivity contribution in [2.75, 3.05) is 6.26 Å². The second kappa shape index (κ2) is 3.47. The molecule has 1 saturated heterocycles. The molecule has 0 aromatic carbocycles. The molecule has 1 fully saturated rings. The van der Waals surface area contributed by atoms with Gasteiger partial charge in [0, 0.05) is 12.3 Å². The van der Waals surface area contributed by atoms with Crippen molar-refractivity contribution in [3.8, 4) is 0 Å². The first kappa shape index (κ1) is 9.58. The Morgan fingerprint density at radius 3 is 2.50 bits per heavy atom. The van der Waals surface area contributed by atoms with Gasteiger partial charge in [-0.2, -0.15) is 0 Å². The highest BCUT2D eigenvalue weighted by Crippen LogP contribution is 2.24. The SMILES string of the molecule is CSC(C)N1C(=O)CC(C)C1=O. The molecule has 2 atom stereocenters. The van der Waals surface area contributed by atoms with Crippen molar-refractivity contribution in [2.24, 2.45) is 5.92 Å². The fourth-order valence-corrected chi connectivity index (χ4v) is 1.73. The van der Waals surface area contributed by atoms with Gasteiger partial charge in [0.15, 0.2) is 0 Å². The van der Waals surface area contributed by atoms with Gasteiger partial charge in [0.2, 0.25) is 11.8 Å². The molecule has 0 aromatic rings. The van der Waals surface area contributed by atoms with Gasteiger partial charge >= 0.3 is 0 Å². The van der Waals surface area contributed by atoms with Gasteiger partial charge in [-0.05, 0) is 13.2 Å². The van der Waals surface area contributed by atoms with Crippen molar-refractivity contribution >= 4 is 23.6 Å². The molecule has 0 radical (unpaired) electrons. The van der Waals surface area contributed by atoms with Gasteiger partial charge in [0.1, 0.15) is 0 Å². The minimum Gasteiger partial charge on any atom is -0.274 e. The number of carbonyl (C=O) groups excluding carboxylic acids is 2. The van der Waals surface area contributed by atoms with E-state index in [-0.39, 0.29) is 23.1 Å². The quantitative estimate of drug-likeness (QED) is 0.607. The maximum Gasteiger partial charge on any atom is 0.233 e. The minimum atomic E-state index is -0.118. The maximum absolute atomic E-state index is 11.4. The Hall–Kier alpha value is -0.510. The van der Waals surface area contributed by atoms with Gasteiger partial charge in [0.05, 0.1) is 5.37 Å². The van der Waals surface area contributed by atoms with Crippen molar-refractivity contribution in [3.05, 3.63) is 0 Å². The molecule has 1 heterocycles. The van der Waals surface area contributed by atoms with Crippen LogP contribution >= 0.6 is 11.8 Å². The Labute approximate surface area is 76.5 Å². The number of hydrogen-bond acceptors (Lipinski definition) is 3. The van der Waals surface area contributed by atoms with Crippen LogP contribution in [0.2, 0.25) is 0 Å². The van der Waals surface area contributed by atoms with Gasteiger partial charge in [-0.3, -0.25) is 14.5 Å². The summed E-state index contributed by atoms with van der Waals surface area (Å²) in [5.41, 5.74) is 0. The van der Waals surface area contributed by atoms with Crippen molar-refractivity contribution in [1.82, 2.24) is 4.90 Å². The smallest absolute Gasteiger partial charge is 0.233 e. The molecule has 0 N–H and O–H groups in total. The minimum absolute atomic E-state index is 0.0186. The second-order valence-corrected chi connectivity index (χ2v) is 4.20. The van der Waals surface area contributed by atoms with Crippen LogP contribution in [0, 0.1) is 5.92 Å². The molecule has 2 amide bonds. The molecule has 0 aromatic heterocycles. The van der Waals surface area contributed by atoms with Crippen molar-refractivity contribution in [2.45, 2.75) is 25.6 Å². The third-order valence-electron chi connectivity index (χ3n) is 2.11. The number of hydrogen-bond donors (Lipinski definition) is 0. The van der Waals surface area contributed by atoms with Crippen LogP contribution in [0.15, 0.2) is 0 Å². The van der Waals surface area contributed by atoms with Gasteiger partial charge in [-0.1, -0.05) is 6.92 Å². The number of amides is 2. The lowest BCUT2D eigenvalue weighted by Crippen LogP contribution is -2.36. The molecule has 68 valence electrons. The molecular weight excluding hydrogens is 174 g/mol. The van der Waals surface area contributed by atoms with Crippen LogP contribution in [0.3, 0.4) is 0 Å². The lowest BCUT2D eigenvalue weighted by atomic mass is 10.1. The van der Waals surface area contributed by atoms with Crippen LogP contribution in [0.25, 0.3) is 0 Å². The van der Waals surface area contributed by atoms with E-state index < -0.39 is 0 Å². The van der Waals surface area contributed by atoms with Crippen LogP contribution < -0.4 is 0 Å². The van der Waals surface area contributed by atoms with Crippen LogP contribution in [-0.4, -0.2) is 28.3 Å². The van der Waals surface area contributed by atoms with Crippen molar-refractivity contribution in [1.29, 1.82) is 0 Å². The van der Waals surface area contributed by atoms with E-state index in [1.165, 1.54) is 16.7 Å². The Bertz CT molecular complexity index is 217. The number of rotatable bonds is 2. The van der Waals surface area contributed by atoms with E-state index in [2.05, 4.69) is 0 Å². The second-order valence-electron chi connectivity index (χ2n) is 3.04. The zero-order chi connectivity index (χ0) is 9.30. The zero-order valence-electron chi connectivity index (χ0n) is 7.53. The monoisotopic (exact) mass is 187 g/mol. The summed E-state index contributed by atoms with van der Waals surface area (Å²) in [5, 5.41) is -0.0186. The Morgan fingerprint density at radius 1 is 1.58 bits per heavy atom. The molecule has 12 heavy (non-hydrogen) atoms. The van der Waals surface area contributed by atoms with Gasteiger partial charge in [0.25, 0.3) is 0 Å². The van der Waals surface area contributed by atoms with E-state index in [0.717, 1.165) is 0 Å². The Balaban J connectivity index is 2.76. The van der Waals surface area contributed by atoms with E-state index in [0.29, 0.717) is 6.42 Å². The van der Waals surface area contributed by atoms with E-state index in [4.69, 9.17) is 0 Å². The third-order valence-corrected chi connectivity index (χ3v) is 3.01. The van der Waals surface area contributed by atoms with E-state index in [1.54, 1.807) is 6.92 Å². The first-order valence-electron chi connectivity index (χ1n) is 3.96. The molecule has 0 bridgehead atoms. The summed E-state index contributed by atoms with van der Waals surface area (Å²) in [6.45, 7) is 3.67. The van der Waals surface area contributed by atoms with Gasteiger partial charge in [-0.25, -0.2) is 0 Å². The van der Waals surface area contributed by atoms with E-state index in [1.807, 2.05) is 13.2 Å². The van der Waals surface area contributed by atoms with E-state index in [9.17, 15) is 9.59 Å². The summed E-state index contributed by atoms with van der Waals surface area (Å²) < 4.78 is 0. The van der Waals surface area contributed by atoms with Crippen LogP contribution in [0.1, 0.15) is 20.3 Å². The lowest BCUT2D eigenvalue weighted by molar-refractivity contribution is -0.139. The number of nitrogens with zero attached hydrogens (tertiary/aromatic N) is 1. The first-order chi connectivity index (χ1) is 5.57. The molecule has 4 heteroatoms. The van der Waals surface area contributed by atoms with Gasteiger partial charge < -0.3 is 0 Å². The average Bonchev–Trinajstić information content (AvgIpc) is 2.26. The molecule has 0 aliphatic carbocycles. The molecule has 1 aliphatic rings. The van der Waals surface area contributed by atoms with Gasteiger partial charge in [-0.15, -0.1) is 11.8 Å². The first-order valence-corrected chi connectivity index (χ1v) is 5.25. The molecule has 0 spiro atoms. The molecule has 1 aliphatic heterocycles. The average molecular weight is 187 g/mol.